The predicted octanol–water partition coefficient (Wildman–Crippen LogP) is 4.27. The molecule has 0 aromatic heterocycles. The maximum absolute atomic E-state index is 12.9. The van der Waals surface area contributed by atoms with Gasteiger partial charge in [-0.15, -0.1) is 0 Å². The molecule has 2 aromatic carbocycles. The van der Waals surface area contributed by atoms with Crippen molar-refractivity contribution in [2.24, 2.45) is 0 Å². The highest BCUT2D eigenvalue weighted by Crippen LogP contribution is 2.45. The lowest BCUT2D eigenvalue weighted by Gasteiger charge is -2.26. The number of amides is 1. The van der Waals surface area contributed by atoms with Gasteiger partial charge in [-0.1, -0.05) is 63.2 Å². The van der Waals surface area contributed by atoms with E-state index < -0.39 is 5.41 Å². The Morgan fingerprint density at radius 1 is 0.955 bits per heavy atom. The van der Waals surface area contributed by atoms with E-state index in [2.05, 4.69) is 51.1 Å². The van der Waals surface area contributed by atoms with Crippen molar-refractivity contribution >= 4 is 11.6 Å². The lowest BCUT2D eigenvalue weighted by molar-refractivity contribution is -0.121. The van der Waals surface area contributed by atoms with Crippen LogP contribution in [0.15, 0.2) is 48.5 Å². The second-order valence-corrected chi connectivity index (χ2v) is 7.33. The highest BCUT2D eigenvalue weighted by Gasteiger charge is 2.47. The standard InChI is InChI=1S/C20H23NO/c1-19(2,3)14-10-12-15(13-11-14)20(4)16-8-6-7-9-17(16)21(5)18(20)22/h6-13H,1-5H3. The van der Waals surface area contributed by atoms with Crippen LogP contribution in [0.25, 0.3) is 0 Å². The maximum Gasteiger partial charge on any atom is 0.241 e. The Morgan fingerprint density at radius 3 is 2.14 bits per heavy atom. The van der Waals surface area contributed by atoms with E-state index in [0.29, 0.717) is 0 Å². The Hall–Kier alpha value is -2.09. The van der Waals surface area contributed by atoms with Gasteiger partial charge in [-0.3, -0.25) is 4.79 Å². The van der Waals surface area contributed by atoms with Gasteiger partial charge in [0.1, 0.15) is 0 Å². The van der Waals surface area contributed by atoms with E-state index in [1.165, 1.54) is 5.56 Å². The zero-order valence-corrected chi connectivity index (χ0v) is 14.0. The van der Waals surface area contributed by atoms with E-state index in [1.54, 1.807) is 4.90 Å². The highest BCUT2D eigenvalue weighted by atomic mass is 16.2. The van der Waals surface area contributed by atoms with Gasteiger partial charge in [0, 0.05) is 12.7 Å². The summed E-state index contributed by atoms with van der Waals surface area (Å²) in [6, 6.07) is 16.6. The minimum absolute atomic E-state index is 0.119. The van der Waals surface area contributed by atoms with E-state index in [-0.39, 0.29) is 11.3 Å². The first kappa shape index (κ1) is 14.8. The molecule has 3 rings (SSSR count). The summed E-state index contributed by atoms with van der Waals surface area (Å²) in [5.74, 6) is 0.136. The van der Waals surface area contributed by atoms with E-state index >= 15 is 0 Å². The second kappa shape index (κ2) is 4.70. The molecular weight excluding hydrogens is 270 g/mol. The third-order valence-electron chi connectivity index (χ3n) is 4.86. The number of hydrogen-bond donors (Lipinski definition) is 0. The fourth-order valence-electron chi connectivity index (χ4n) is 3.33. The number of rotatable bonds is 1. The number of para-hydroxylation sites is 1. The van der Waals surface area contributed by atoms with Crippen molar-refractivity contribution < 1.29 is 4.79 Å². The van der Waals surface area contributed by atoms with Crippen molar-refractivity contribution in [2.45, 2.75) is 38.5 Å². The van der Waals surface area contributed by atoms with Crippen LogP contribution in [0.3, 0.4) is 0 Å². The van der Waals surface area contributed by atoms with Crippen molar-refractivity contribution in [2.75, 3.05) is 11.9 Å². The molecule has 1 aliphatic rings. The summed E-state index contributed by atoms with van der Waals surface area (Å²) >= 11 is 0. The third-order valence-corrected chi connectivity index (χ3v) is 4.86. The summed E-state index contributed by atoms with van der Waals surface area (Å²) in [7, 11) is 1.86. The molecule has 2 heteroatoms. The quantitative estimate of drug-likeness (QED) is 0.769. The molecule has 1 amide bonds. The van der Waals surface area contributed by atoms with Crippen molar-refractivity contribution in [1.29, 1.82) is 0 Å². The molecule has 1 atom stereocenters. The average Bonchev–Trinajstić information content (AvgIpc) is 2.70. The van der Waals surface area contributed by atoms with Crippen LogP contribution in [0.1, 0.15) is 44.4 Å². The molecule has 0 N–H and O–H groups in total. The van der Waals surface area contributed by atoms with Crippen LogP contribution >= 0.6 is 0 Å². The first-order valence-electron chi connectivity index (χ1n) is 7.75. The molecule has 0 bridgehead atoms. The molecule has 22 heavy (non-hydrogen) atoms. The SMILES string of the molecule is CN1C(=O)C(C)(c2ccc(C(C)(C)C)cc2)c2ccccc21. The van der Waals surface area contributed by atoms with Crippen molar-refractivity contribution in [3.63, 3.8) is 0 Å². The molecule has 0 spiro atoms. The summed E-state index contributed by atoms with van der Waals surface area (Å²) in [6.45, 7) is 8.64. The highest BCUT2D eigenvalue weighted by molar-refractivity contribution is 6.09. The summed E-state index contributed by atoms with van der Waals surface area (Å²) < 4.78 is 0. The van der Waals surface area contributed by atoms with Crippen LogP contribution in [0.5, 0.6) is 0 Å². The average molecular weight is 293 g/mol. The summed E-state index contributed by atoms with van der Waals surface area (Å²) in [5, 5.41) is 0. The minimum Gasteiger partial charge on any atom is -0.314 e. The number of carbonyl (C=O) groups excluding carboxylic acids is 1. The Morgan fingerprint density at radius 2 is 1.55 bits per heavy atom. The first-order chi connectivity index (χ1) is 10.3. The van der Waals surface area contributed by atoms with Crippen LogP contribution in [-0.2, 0) is 15.6 Å². The van der Waals surface area contributed by atoms with Gasteiger partial charge in [-0.05, 0) is 35.1 Å². The van der Waals surface area contributed by atoms with Crippen LogP contribution < -0.4 is 4.90 Å². The Labute approximate surface area is 132 Å². The zero-order chi connectivity index (χ0) is 16.1. The normalized spacial score (nSPS) is 21.1. The van der Waals surface area contributed by atoms with Crippen molar-refractivity contribution in [3.8, 4) is 0 Å². The number of anilines is 1. The van der Waals surface area contributed by atoms with Gasteiger partial charge in [0.2, 0.25) is 5.91 Å². The predicted molar refractivity (Wildman–Crippen MR) is 91.4 cm³/mol. The van der Waals surface area contributed by atoms with E-state index in [1.807, 2.05) is 32.2 Å². The molecule has 2 aromatic rings. The zero-order valence-electron chi connectivity index (χ0n) is 14.0. The van der Waals surface area contributed by atoms with Crippen LogP contribution in [0.2, 0.25) is 0 Å². The number of fused-ring (bicyclic) bond motifs is 1. The molecule has 0 saturated carbocycles. The number of nitrogens with zero attached hydrogens (tertiary/aromatic N) is 1. The van der Waals surface area contributed by atoms with Gasteiger partial charge in [0.05, 0.1) is 5.41 Å². The number of benzene rings is 2. The van der Waals surface area contributed by atoms with Crippen LogP contribution in [0, 0.1) is 0 Å². The molecule has 0 fully saturated rings. The first-order valence-corrected chi connectivity index (χ1v) is 7.75. The molecule has 1 unspecified atom stereocenters. The maximum atomic E-state index is 12.9. The van der Waals surface area contributed by atoms with Gasteiger partial charge < -0.3 is 4.90 Å². The molecule has 0 aliphatic carbocycles. The van der Waals surface area contributed by atoms with Gasteiger partial charge in [0.25, 0.3) is 0 Å². The summed E-state index contributed by atoms with van der Waals surface area (Å²) in [6.07, 6.45) is 0. The fraction of sp³-hybridized carbons (Fsp3) is 0.350. The topological polar surface area (TPSA) is 20.3 Å². The van der Waals surface area contributed by atoms with Gasteiger partial charge in [0.15, 0.2) is 0 Å². The Kier molecular flexibility index (Phi) is 3.17. The van der Waals surface area contributed by atoms with Crippen molar-refractivity contribution in [1.82, 2.24) is 0 Å². The van der Waals surface area contributed by atoms with Gasteiger partial charge in [-0.25, -0.2) is 0 Å². The van der Waals surface area contributed by atoms with E-state index in [9.17, 15) is 4.79 Å². The number of likely N-dealkylation sites (N-methyl/N-ethyl adjacent to an activating group) is 1. The number of carbonyl (C=O) groups is 1. The third kappa shape index (κ3) is 1.98. The minimum atomic E-state index is -0.595. The van der Waals surface area contributed by atoms with Gasteiger partial charge >= 0.3 is 0 Å². The molecule has 0 saturated heterocycles. The Bertz CT molecular complexity index is 724. The second-order valence-electron chi connectivity index (χ2n) is 7.33. The van der Waals surface area contributed by atoms with Crippen molar-refractivity contribution in [3.05, 3.63) is 65.2 Å². The van der Waals surface area contributed by atoms with Crippen LogP contribution in [-0.4, -0.2) is 13.0 Å². The molecule has 1 heterocycles. The molecule has 2 nitrogen and oxygen atoms in total. The number of hydrogen-bond acceptors (Lipinski definition) is 1. The molecule has 1 aliphatic heterocycles. The fourth-order valence-corrected chi connectivity index (χ4v) is 3.33. The smallest absolute Gasteiger partial charge is 0.241 e. The largest absolute Gasteiger partial charge is 0.314 e. The van der Waals surface area contributed by atoms with E-state index in [4.69, 9.17) is 0 Å². The molecular formula is C20H23NO. The lowest BCUT2D eigenvalue weighted by atomic mass is 9.76. The summed E-state index contributed by atoms with van der Waals surface area (Å²) in [4.78, 5) is 14.7. The Balaban J connectivity index is 2.13. The summed E-state index contributed by atoms with van der Waals surface area (Å²) in [5.41, 5.74) is 3.96. The lowest BCUT2D eigenvalue weighted by Crippen LogP contribution is -2.37. The van der Waals surface area contributed by atoms with Gasteiger partial charge in [-0.2, -0.15) is 0 Å². The molecule has 0 radical (unpaired) electrons. The van der Waals surface area contributed by atoms with E-state index in [0.717, 1.165) is 16.8 Å². The molecule has 114 valence electrons. The van der Waals surface area contributed by atoms with Crippen LogP contribution in [0.4, 0.5) is 5.69 Å². The monoisotopic (exact) mass is 293 g/mol.